The Morgan fingerprint density at radius 2 is 1.78 bits per heavy atom. The molecular formula is C20H22N2O4S. The van der Waals surface area contributed by atoms with E-state index < -0.39 is 0 Å². The van der Waals surface area contributed by atoms with Crippen LogP contribution in [0.15, 0.2) is 47.5 Å². The first-order valence-electron chi connectivity index (χ1n) is 8.45. The molecule has 0 aliphatic rings. The van der Waals surface area contributed by atoms with Crippen molar-refractivity contribution in [3.05, 3.63) is 48.2 Å². The van der Waals surface area contributed by atoms with Gasteiger partial charge in [0.2, 0.25) is 5.75 Å². The highest BCUT2D eigenvalue weighted by Gasteiger charge is 2.16. The van der Waals surface area contributed by atoms with Gasteiger partial charge < -0.3 is 24.5 Å². The third-order valence-corrected chi connectivity index (χ3v) is 5.18. The van der Waals surface area contributed by atoms with Crippen LogP contribution in [0, 0.1) is 0 Å². The van der Waals surface area contributed by atoms with Gasteiger partial charge in [0.1, 0.15) is 0 Å². The maximum absolute atomic E-state index is 12.5. The molecule has 1 amide bonds. The second kappa shape index (κ2) is 8.73. The number of amides is 1. The summed E-state index contributed by atoms with van der Waals surface area (Å²) in [5.41, 5.74) is 1.57. The Kier molecular flexibility index (Phi) is 6.13. The summed E-state index contributed by atoms with van der Waals surface area (Å²) in [6, 6.07) is 11.4. The van der Waals surface area contributed by atoms with Crippen molar-refractivity contribution in [1.29, 1.82) is 0 Å². The second-order valence-corrected chi connectivity index (χ2v) is 6.85. The maximum Gasteiger partial charge on any atom is 0.251 e. The number of fused-ring (bicyclic) bond motifs is 1. The van der Waals surface area contributed by atoms with Crippen LogP contribution in [-0.4, -0.2) is 44.5 Å². The molecule has 0 saturated heterocycles. The van der Waals surface area contributed by atoms with Crippen molar-refractivity contribution in [2.75, 3.05) is 33.6 Å². The minimum absolute atomic E-state index is 0.186. The number of H-pyrrole nitrogens is 1. The fourth-order valence-corrected chi connectivity index (χ4v) is 3.70. The van der Waals surface area contributed by atoms with E-state index in [1.807, 2.05) is 24.4 Å². The van der Waals surface area contributed by atoms with Gasteiger partial charge in [-0.05, 0) is 18.2 Å². The topological polar surface area (TPSA) is 72.6 Å². The fraction of sp³-hybridized carbons (Fsp3) is 0.250. The van der Waals surface area contributed by atoms with Crippen molar-refractivity contribution in [2.45, 2.75) is 4.90 Å². The number of carbonyl (C=O) groups excluding carboxylic acids is 1. The van der Waals surface area contributed by atoms with Crippen LogP contribution in [0.4, 0.5) is 0 Å². The molecule has 142 valence electrons. The standard InChI is InChI=1S/C20H22N2O4S/c1-24-16-10-13(11-17(25-2)19(16)26-3)20(23)21-8-9-27-18-12-22-15-7-5-4-6-14(15)18/h4-7,10-12,22H,8-9H2,1-3H3,(H,21,23). The fourth-order valence-electron chi connectivity index (χ4n) is 2.80. The molecular weight excluding hydrogens is 364 g/mol. The number of methoxy groups -OCH3 is 3. The van der Waals surface area contributed by atoms with Crippen LogP contribution in [0.25, 0.3) is 10.9 Å². The molecule has 0 aliphatic heterocycles. The van der Waals surface area contributed by atoms with Crippen molar-refractivity contribution in [3.8, 4) is 17.2 Å². The number of thioether (sulfide) groups is 1. The van der Waals surface area contributed by atoms with E-state index in [4.69, 9.17) is 14.2 Å². The highest BCUT2D eigenvalue weighted by molar-refractivity contribution is 7.99. The number of aromatic nitrogens is 1. The van der Waals surface area contributed by atoms with Crippen molar-refractivity contribution in [3.63, 3.8) is 0 Å². The van der Waals surface area contributed by atoms with Gasteiger partial charge in [-0.3, -0.25) is 4.79 Å². The highest BCUT2D eigenvalue weighted by atomic mass is 32.2. The summed E-state index contributed by atoms with van der Waals surface area (Å²) in [6.45, 7) is 0.541. The molecule has 0 atom stereocenters. The van der Waals surface area contributed by atoms with Crippen LogP contribution >= 0.6 is 11.8 Å². The summed E-state index contributed by atoms with van der Waals surface area (Å²) < 4.78 is 15.9. The minimum Gasteiger partial charge on any atom is -0.493 e. The predicted octanol–water partition coefficient (Wildman–Crippen LogP) is 3.72. The molecule has 0 fully saturated rings. The molecule has 7 heteroatoms. The molecule has 27 heavy (non-hydrogen) atoms. The Bertz CT molecular complexity index is 914. The molecule has 1 heterocycles. The van der Waals surface area contributed by atoms with E-state index in [0.29, 0.717) is 29.4 Å². The molecule has 0 bridgehead atoms. The van der Waals surface area contributed by atoms with Crippen LogP contribution in [0.2, 0.25) is 0 Å². The number of aromatic amines is 1. The van der Waals surface area contributed by atoms with Gasteiger partial charge in [-0.2, -0.15) is 0 Å². The predicted molar refractivity (Wildman–Crippen MR) is 107 cm³/mol. The summed E-state index contributed by atoms with van der Waals surface area (Å²) >= 11 is 1.70. The van der Waals surface area contributed by atoms with Gasteiger partial charge in [0.25, 0.3) is 5.91 Å². The van der Waals surface area contributed by atoms with Crippen molar-refractivity contribution < 1.29 is 19.0 Å². The third kappa shape index (κ3) is 4.14. The number of carbonyl (C=O) groups is 1. The van der Waals surface area contributed by atoms with Gasteiger partial charge in [0.15, 0.2) is 11.5 Å². The first kappa shape index (κ1) is 19.0. The summed E-state index contributed by atoms with van der Waals surface area (Å²) in [5, 5.41) is 4.12. The summed E-state index contributed by atoms with van der Waals surface area (Å²) in [6.07, 6.45) is 2.00. The number of hydrogen-bond donors (Lipinski definition) is 2. The molecule has 2 N–H and O–H groups in total. The largest absolute Gasteiger partial charge is 0.493 e. The van der Waals surface area contributed by atoms with E-state index >= 15 is 0 Å². The summed E-state index contributed by atoms with van der Waals surface area (Å²) in [7, 11) is 4.58. The van der Waals surface area contributed by atoms with Gasteiger partial charge in [-0.1, -0.05) is 18.2 Å². The van der Waals surface area contributed by atoms with Gasteiger partial charge in [0.05, 0.1) is 21.3 Å². The molecule has 2 aromatic carbocycles. The van der Waals surface area contributed by atoms with Crippen LogP contribution < -0.4 is 19.5 Å². The second-order valence-electron chi connectivity index (χ2n) is 5.72. The Morgan fingerprint density at radius 3 is 2.44 bits per heavy atom. The number of nitrogens with one attached hydrogen (secondary N) is 2. The van der Waals surface area contributed by atoms with E-state index in [0.717, 1.165) is 11.3 Å². The number of rotatable bonds is 8. The lowest BCUT2D eigenvalue weighted by atomic mass is 10.1. The zero-order valence-electron chi connectivity index (χ0n) is 15.5. The Balaban J connectivity index is 1.61. The van der Waals surface area contributed by atoms with Crippen LogP contribution in [-0.2, 0) is 0 Å². The monoisotopic (exact) mass is 386 g/mol. The molecule has 0 aliphatic carbocycles. The smallest absolute Gasteiger partial charge is 0.251 e. The van der Waals surface area contributed by atoms with Crippen LogP contribution in [0.3, 0.4) is 0 Å². The van der Waals surface area contributed by atoms with Gasteiger partial charge in [-0.15, -0.1) is 11.8 Å². The molecule has 1 aromatic heterocycles. The van der Waals surface area contributed by atoms with E-state index in [1.54, 1.807) is 23.9 Å². The number of ether oxygens (including phenoxy) is 3. The first-order valence-corrected chi connectivity index (χ1v) is 9.43. The van der Waals surface area contributed by atoms with Gasteiger partial charge >= 0.3 is 0 Å². The number of para-hydroxylation sites is 1. The SMILES string of the molecule is COc1cc(C(=O)NCCSc2c[nH]c3ccccc23)cc(OC)c1OC. The van der Waals surface area contributed by atoms with Crippen molar-refractivity contribution in [2.24, 2.45) is 0 Å². The average Bonchev–Trinajstić information content (AvgIpc) is 3.12. The lowest BCUT2D eigenvalue weighted by Gasteiger charge is -2.14. The van der Waals surface area contributed by atoms with Crippen molar-refractivity contribution >= 4 is 28.6 Å². The zero-order valence-corrected chi connectivity index (χ0v) is 16.3. The molecule has 0 unspecified atom stereocenters. The van der Waals surface area contributed by atoms with Crippen LogP contribution in [0.5, 0.6) is 17.2 Å². The third-order valence-electron chi connectivity index (χ3n) is 4.12. The van der Waals surface area contributed by atoms with E-state index in [-0.39, 0.29) is 5.91 Å². The molecule has 0 radical (unpaired) electrons. The molecule has 0 spiro atoms. The number of hydrogen-bond acceptors (Lipinski definition) is 5. The lowest BCUT2D eigenvalue weighted by molar-refractivity contribution is 0.0955. The Morgan fingerprint density at radius 1 is 1.07 bits per heavy atom. The van der Waals surface area contributed by atoms with Gasteiger partial charge in [-0.25, -0.2) is 0 Å². The van der Waals surface area contributed by atoms with E-state index in [2.05, 4.69) is 16.4 Å². The molecule has 3 rings (SSSR count). The lowest BCUT2D eigenvalue weighted by Crippen LogP contribution is -2.25. The number of benzene rings is 2. The summed E-state index contributed by atoms with van der Waals surface area (Å²) in [4.78, 5) is 16.9. The first-order chi connectivity index (χ1) is 13.2. The quantitative estimate of drug-likeness (QED) is 0.456. The summed E-state index contributed by atoms with van der Waals surface area (Å²) in [5.74, 6) is 1.95. The minimum atomic E-state index is -0.186. The van der Waals surface area contributed by atoms with E-state index in [9.17, 15) is 4.79 Å². The molecule has 6 nitrogen and oxygen atoms in total. The average molecular weight is 386 g/mol. The Labute approximate surface area is 162 Å². The van der Waals surface area contributed by atoms with E-state index in [1.165, 1.54) is 31.6 Å². The van der Waals surface area contributed by atoms with Crippen LogP contribution in [0.1, 0.15) is 10.4 Å². The highest BCUT2D eigenvalue weighted by Crippen LogP contribution is 2.38. The zero-order chi connectivity index (χ0) is 19.2. The van der Waals surface area contributed by atoms with Crippen molar-refractivity contribution in [1.82, 2.24) is 10.3 Å². The maximum atomic E-state index is 12.5. The van der Waals surface area contributed by atoms with Gasteiger partial charge in [0, 0.05) is 39.9 Å². The molecule has 3 aromatic rings. The Hall–Kier alpha value is -2.80. The normalized spacial score (nSPS) is 10.6. The molecule has 0 saturated carbocycles.